The lowest BCUT2D eigenvalue weighted by Gasteiger charge is -2.14. The van der Waals surface area contributed by atoms with E-state index in [1.807, 2.05) is 23.7 Å². The Morgan fingerprint density at radius 3 is 2.94 bits per heavy atom. The first-order chi connectivity index (χ1) is 8.63. The Hall–Kier alpha value is -1.20. The highest BCUT2D eigenvalue weighted by Crippen LogP contribution is 2.28. The molecule has 1 unspecified atom stereocenters. The molecule has 0 aromatic carbocycles. The second kappa shape index (κ2) is 5.63. The molecule has 2 heterocycles. The van der Waals surface area contributed by atoms with Gasteiger partial charge in [0.1, 0.15) is 6.10 Å². The van der Waals surface area contributed by atoms with E-state index in [1.54, 1.807) is 12.4 Å². The van der Waals surface area contributed by atoms with Crippen molar-refractivity contribution in [3.8, 4) is 0 Å². The molecule has 0 saturated carbocycles. The van der Waals surface area contributed by atoms with E-state index in [1.165, 1.54) is 0 Å². The van der Waals surface area contributed by atoms with Crippen LogP contribution >= 0.6 is 15.9 Å². The van der Waals surface area contributed by atoms with Gasteiger partial charge < -0.3 is 5.11 Å². The second-order valence-electron chi connectivity index (χ2n) is 4.23. The number of pyridine rings is 1. The number of halogens is 1. The smallest absolute Gasteiger partial charge is 0.122 e. The van der Waals surface area contributed by atoms with E-state index < -0.39 is 6.10 Å². The third-order valence-electron chi connectivity index (χ3n) is 2.76. The van der Waals surface area contributed by atoms with Crippen LogP contribution in [0.4, 0.5) is 0 Å². The summed E-state index contributed by atoms with van der Waals surface area (Å²) < 4.78 is 2.67. The standard InChI is InChI=1S/C13H16BrN3O/c1-3-6-17-12(11(14)8-16-17)13(18)10-4-5-15-9(2)7-10/h4-5,7-8,13,18H,3,6H2,1-2H3. The predicted octanol–water partition coefficient (Wildman–Crippen LogP) is 2.84. The molecule has 0 aliphatic rings. The Kier molecular flexibility index (Phi) is 4.14. The van der Waals surface area contributed by atoms with Gasteiger partial charge in [0.05, 0.1) is 16.4 Å². The molecule has 0 amide bonds. The average molecular weight is 310 g/mol. The van der Waals surface area contributed by atoms with Crippen molar-refractivity contribution in [1.82, 2.24) is 14.8 Å². The molecule has 0 spiro atoms. The van der Waals surface area contributed by atoms with E-state index >= 15 is 0 Å². The van der Waals surface area contributed by atoms with E-state index in [0.29, 0.717) is 0 Å². The maximum absolute atomic E-state index is 10.5. The molecular weight excluding hydrogens is 294 g/mol. The van der Waals surface area contributed by atoms with Crippen molar-refractivity contribution in [2.45, 2.75) is 32.9 Å². The van der Waals surface area contributed by atoms with Crippen molar-refractivity contribution in [1.29, 1.82) is 0 Å². The van der Waals surface area contributed by atoms with Crippen LogP contribution in [0.5, 0.6) is 0 Å². The lowest BCUT2D eigenvalue weighted by molar-refractivity contribution is 0.206. The number of hydrogen-bond acceptors (Lipinski definition) is 3. The van der Waals surface area contributed by atoms with Gasteiger partial charge in [-0.15, -0.1) is 0 Å². The van der Waals surface area contributed by atoms with Crippen LogP contribution in [0.2, 0.25) is 0 Å². The Morgan fingerprint density at radius 2 is 2.28 bits per heavy atom. The normalized spacial score (nSPS) is 12.7. The zero-order valence-electron chi connectivity index (χ0n) is 10.5. The third-order valence-corrected chi connectivity index (χ3v) is 3.38. The second-order valence-corrected chi connectivity index (χ2v) is 5.09. The fourth-order valence-electron chi connectivity index (χ4n) is 1.93. The van der Waals surface area contributed by atoms with Gasteiger partial charge in [-0.25, -0.2) is 0 Å². The molecule has 0 saturated heterocycles. The van der Waals surface area contributed by atoms with Crippen LogP contribution < -0.4 is 0 Å². The molecule has 0 fully saturated rings. The largest absolute Gasteiger partial charge is 0.382 e. The number of aliphatic hydroxyl groups is 1. The van der Waals surface area contributed by atoms with Gasteiger partial charge in [-0.05, 0) is 47.0 Å². The molecule has 96 valence electrons. The van der Waals surface area contributed by atoms with E-state index in [2.05, 4.69) is 32.9 Å². The van der Waals surface area contributed by atoms with Gasteiger partial charge in [0, 0.05) is 18.4 Å². The van der Waals surface area contributed by atoms with E-state index in [4.69, 9.17) is 0 Å². The molecule has 0 bridgehead atoms. The molecule has 0 aliphatic carbocycles. The van der Waals surface area contributed by atoms with Crippen LogP contribution in [0, 0.1) is 6.92 Å². The van der Waals surface area contributed by atoms with E-state index in [9.17, 15) is 5.11 Å². The molecule has 1 N–H and O–H groups in total. The fraction of sp³-hybridized carbons (Fsp3) is 0.385. The minimum atomic E-state index is -0.685. The molecule has 4 nitrogen and oxygen atoms in total. The van der Waals surface area contributed by atoms with Crippen LogP contribution in [-0.4, -0.2) is 19.9 Å². The topological polar surface area (TPSA) is 50.9 Å². The summed E-state index contributed by atoms with van der Waals surface area (Å²) in [7, 11) is 0. The number of rotatable bonds is 4. The average Bonchev–Trinajstić information content (AvgIpc) is 2.70. The maximum atomic E-state index is 10.5. The fourth-order valence-corrected chi connectivity index (χ4v) is 2.44. The number of aryl methyl sites for hydroxylation is 2. The highest BCUT2D eigenvalue weighted by molar-refractivity contribution is 9.10. The Labute approximate surface area is 115 Å². The first-order valence-electron chi connectivity index (χ1n) is 5.95. The summed E-state index contributed by atoms with van der Waals surface area (Å²) in [6.45, 7) is 4.79. The summed E-state index contributed by atoms with van der Waals surface area (Å²) in [5, 5.41) is 14.7. The molecule has 2 aromatic heterocycles. The Bertz CT molecular complexity index is 539. The number of nitrogens with zero attached hydrogens (tertiary/aromatic N) is 3. The van der Waals surface area contributed by atoms with Crippen molar-refractivity contribution in [3.63, 3.8) is 0 Å². The molecule has 1 atom stereocenters. The van der Waals surface area contributed by atoms with Crippen LogP contribution in [0.25, 0.3) is 0 Å². The molecule has 5 heteroatoms. The SMILES string of the molecule is CCCn1ncc(Br)c1C(O)c1ccnc(C)c1. The van der Waals surface area contributed by atoms with Crippen LogP contribution in [0.15, 0.2) is 29.0 Å². The van der Waals surface area contributed by atoms with Gasteiger partial charge in [-0.2, -0.15) is 5.10 Å². The van der Waals surface area contributed by atoms with Gasteiger partial charge in [0.2, 0.25) is 0 Å². The molecule has 0 aliphatic heterocycles. The zero-order valence-corrected chi connectivity index (χ0v) is 12.1. The molecular formula is C13H16BrN3O. The predicted molar refractivity (Wildman–Crippen MR) is 73.3 cm³/mol. The lowest BCUT2D eigenvalue weighted by Crippen LogP contribution is -2.11. The van der Waals surface area contributed by atoms with Crippen molar-refractivity contribution in [3.05, 3.63) is 46.0 Å². The van der Waals surface area contributed by atoms with Gasteiger partial charge >= 0.3 is 0 Å². The van der Waals surface area contributed by atoms with Crippen LogP contribution in [0.3, 0.4) is 0 Å². The van der Waals surface area contributed by atoms with Gasteiger partial charge in [0.15, 0.2) is 0 Å². The summed E-state index contributed by atoms with van der Waals surface area (Å²) in [6, 6.07) is 3.72. The summed E-state index contributed by atoms with van der Waals surface area (Å²) in [4.78, 5) is 4.14. The summed E-state index contributed by atoms with van der Waals surface area (Å²) in [5.74, 6) is 0. The number of aromatic nitrogens is 3. The van der Waals surface area contributed by atoms with Gasteiger partial charge in [-0.1, -0.05) is 6.92 Å². The minimum absolute atomic E-state index is 0.685. The quantitative estimate of drug-likeness (QED) is 0.945. The first kappa shape index (κ1) is 13.2. The van der Waals surface area contributed by atoms with Crippen molar-refractivity contribution in [2.24, 2.45) is 0 Å². The van der Waals surface area contributed by atoms with Crippen LogP contribution in [-0.2, 0) is 6.54 Å². The molecule has 2 aromatic rings. The maximum Gasteiger partial charge on any atom is 0.122 e. The van der Waals surface area contributed by atoms with Crippen molar-refractivity contribution < 1.29 is 5.11 Å². The highest BCUT2D eigenvalue weighted by atomic mass is 79.9. The molecule has 2 rings (SSSR count). The summed E-state index contributed by atoms with van der Waals surface area (Å²) in [6.07, 6.45) is 3.73. The zero-order chi connectivity index (χ0) is 13.1. The highest BCUT2D eigenvalue weighted by Gasteiger charge is 2.19. The number of aliphatic hydroxyl groups excluding tert-OH is 1. The third kappa shape index (κ3) is 2.62. The summed E-state index contributed by atoms with van der Waals surface area (Å²) >= 11 is 3.44. The van der Waals surface area contributed by atoms with Gasteiger partial charge in [-0.3, -0.25) is 9.67 Å². The lowest BCUT2D eigenvalue weighted by atomic mass is 10.1. The summed E-state index contributed by atoms with van der Waals surface area (Å²) in [5.41, 5.74) is 2.52. The Balaban J connectivity index is 2.39. The monoisotopic (exact) mass is 309 g/mol. The van der Waals surface area contributed by atoms with E-state index in [0.717, 1.165) is 34.4 Å². The molecule has 0 radical (unpaired) electrons. The minimum Gasteiger partial charge on any atom is -0.382 e. The van der Waals surface area contributed by atoms with Crippen molar-refractivity contribution >= 4 is 15.9 Å². The van der Waals surface area contributed by atoms with Crippen LogP contribution in [0.1, 0.15) is 36.4 Å². The Morgan fingerprint density at radius 1 is 1.50 bits per heavy atom. The molecule has 18 heavy (non-hydrogen) atoms. The first-order valence-corrected chi connectivity index (χ1v) is 6.74. The van der Waals surface area contributed by atoms with E-state index in [-0.39, 0.29) is 0 Å². The number of hydrogen-bond donors (Lipinski definition) is 1. The van der Waals surface area contributed by atoms with Gasteiger partial charge in [0.25, 0.3) is 0 Å². The van der Waals surface area contributed by atoms with Crippen molar-refractivity contribution in [2.75, 3.05) is 0 Å².